The smallest absolute Gasteiger partial charge is 0.319 e. The van der Waals surface area contributed by atoms with Crippen molar-refractivity contribution in [3.05, 3.63) is 36.4 Å². The van der Waals surface area contributed by atoms with Crippen LogP contribution in [-0.4, -0.2) is 57.0 Å². The average Bonchev–Trinajstić information content (AvgIpc) is 3.29. The van der Waals surface area contributed by atoms with Crippen molar-refractivity contribution in [3.8, 4) is 11.1 Å². The first-order valence-corrected chi connectivity index (χ1v) is 12.7. The second-order valence-electron chi connectivity index (χ2n) is 8.55. The highest BCUT2D eigenvalue weighted by Crippen LogP contribution is 2.39. The maximum atomic E-state index is 11.8. The minimum Gasteiger partial charge on any atom is -0.378 e. The molecule has 8 heteroatoms. The number of anilines is 3. The Morgan fingerprint density at radius 1 is 1.00 bits per heavy atom. The molecule has 7 nitrogen and oxygen atoms in total. The predicted molar refractivity (Wildman–Crippen MR) is 137 cm³/mol. The first-order valence-electron chi connectivity index (χ1n) is 11.9. The molecule has 2 aliphatic heterocycles. The highest BCUT2D eigenvalue weighted by atomic mass is 32.1. The van der Waals surface area contributed by atoms with E-state index in [1.54, 1.807) is 11.3 Å². The Bertz CT molecular complexity index is 1100. The first-order chi connectivity index (χ1) is 16.2. The second kappa shape index (κ2) is 9.97. The van der Waals surface area contributed by atoms with Crippen LogP contribution in [0.1, 0.15) is 26.2 Å². The number of rotatable bonds is 5. The molecule has 0 bridgehead atoms. The van der Waals surface area contributed by atoms with Crippen LogP contribution < -0.4 is 20.4 Å². The second-order valence-corrected chi connectivity index (χ2v) is 9.56. The maximum Gasteiger partial charge on any atom is 0.319 e. The number of amides is 2. The van der Waals surface area contributed by atoms with Crippen molar-refractivity contribution in [2.24, 2.45) is 0 Å². The van der Waals surface area contributed by atoms with Crippen LogP contribution in [0.25, 0.3) is 21.3 Å². The Morgan fingerprint density at radius 2 is 1.76 bits per heavy atom. The van der Waals surface area contributed by atoms with Crippen molar-refractivity contribution in [2.45, 2.75) is 26.2 Å². The van der Waals surface area contributed by atoms with Gasteiger partial charge < -0.3 is 25.2 Å². The molecule has 0 spiro atoms. The number of piperidine rings is 1. The lowest BCUT2D eigenvalue weighted by molar-refractivity contribution is 0.123. The van der Waals surface area contributed by atoms with Gasteiger partial charge in [-0.25, -0.2) is 9.78 Å². The van der Waals surface area contributed by atoms with Gasteiger partial charge in [-0.05, 0) is 61.6 Å². The summed E-state index contributed by atoms with van der Waals surface area (Å²) < 4.78 is 6.82. The summed E-state index contributed by atoms with van der Waals surface area (Å²) in [5, 5.41) is 6.76. The predicted octanol–water partition coefficient (Wildman–Crippen LogP) is 4.93. The summed E-state index contributed by atoms with van der Waals surface area (Å²) in [5.41, 5.74) is 5.36. The van der Waals surface area contributed by atoms with Gasteiger partial charge in [-0.15, -0.1) is 0 Å². The van der Waals surface area contributed by atoms with E-state index in [0.717, 1.165) is 61.3 Å². The Labute approximate surface area is 198 Å². The summed E-state index contributed by atoms with van der Waals surface area (Å²) in [6, 6.07) is 12.4. The molecule has 0 aliphatic carbocycles. The molecule has 2 aliphatic rings. The molecule has 2 amide bonds. The highest BCUT2D eigenvalue weighted by molar-refractivity contribution is 7.22. The van der Waals surface area contributed by atoms with E-state index in [1.165, 1.54) is 35.2 Å². The zero-order valence-corrected chi connectivity index (χ0v) is 19.9. The number of ether oxygens (including phenoxy) is 1. The summed E-state index contributed by atoms with van der Waals surface area (Å²) in [6.07, 6.45) is 3.80. The highest BCUT2D eigenvalue weighted by Gasteiger charge is 2.21. The van der Waals surface area contributed by atoms with E-state index in [9.17, 15) is 4.79 Å². The standard InChI is InChI=1S/C25H31N5O2S/c1-2-26-24(31)27-20-8-6-18(7-9-20)19-16-21(29-12-14-32-15-13-29)23-22(17-19)33-25(28-23)30-10-4-3-5-11-30/h6-9,16-17H,2-5,10-15H2,1H3,(H2,26,27,31). The van der Waals surface area contributed by atoms with E-state index in [-0.39, 0.29) is 6.03 Å². The molecule has 3 heterocycles. The van der Waals surface area contributed by atoms with Crippen LogP contribution >= 0.6 is 11.3 Å². The largest absolute Gasteiger partial charge is 0.378 e. The minimum atomic E-state index is -0.184. The van der Waals surface area contributed by atoms with E-state index in [1.807, 2.05) is 19.1 Å². The molecule has 174 valence electrons. The zero-order valence-electron chi connectivity index (χ0n) is 19.1. The molecular formula is C25H31N5O2S. The van der Waals surface area contributed by atoms with Crippen LogP contribution in [-0.2, 0) is 4.74 Å². The molecule has 5 rings (SSSR count). The summed E-state index contributed by atoms with van der Waals surface area (Å²) in [4.78, 5) is 21.8. The Balaban J connectivity index is 1.49. The molecule has 0 unspecified atom stereocenters. The normalized spacial score (nSPS) is 16.8. The minimum absolute atomic E-state index is 0.184. The van der Waals surface area contributed by atoms with E-state index < -0.39 is 0 Å². The van der Waals surface area contributed by atoms with Gasteiger partial charge in [0.1, 0.15) is 5.52 Å². The topological polar surface area (TPSA) is 69.7 Å². The summed E-state index contributed by atoms with van der Waals surface area (Å²) in [5.74, 6) is 0. The molecule has 1 aromatic heterocycles. The van der Waals surface area contributed by atoms with Crippen molar-refractivity contribution >= 4 is 44.1 Å². The Hall–Kier alpha value is -2.84. The molecule has 0 atom stereocenters. The van der Waals surface area contributed by atoms with Gasteiger partial charge in [-0.3, -0.25) is 0 Å². The van der Waals surface area contributed by atoms with E-state index >= 15 is 0 Å². The number of carbonyl (C=O) groups excluding carboxylic acids is 1. The van der Waals surface area contributed by atoms with Crippen LogP contribution in [0.3, 0.4) is 0 Å². The van der Waals surface area contributed by atoms with Gasteiger partial charge in [0.15, 0.2) is 5.13 Å². The van der Waals surface area contributed by atoms with Crippen molar-refractivity contribution in [3.63, 3.8) is 0 Å². The Kier molecular flexibility index (Phi) is 6.64. The van der Waals surface area contributed by atoms with Crippen LogP contribution in [0.2, 0.25) is 0 Å². The number of hydrogen-bond acceptors (Lipinski definition) is 6. The molecule has 2 fully saturated rings. The molecule has 2 saturated heterocycles. The first kappa shape index (κ1) is 22.0. The van der Waals surface area contributed by atoms with Gasteiger partial charge in [0.25, 0.3) is 0 Å². The number of aromatic nitrogens is 1. The lowest BCUT2D eigenvalue weighted by atomic mass is 10.0. The van der Waals surface area contributed by atoms with Gasteiger partial charge in [0.05, 0.1) is 23.6 Å². The van der Waals surface area contributed by atoms with Crippen molar-refractivity contribution in [1.82, 2.24) is 10.3 Å². The number of benzene rings is 2. The average molecular weight is 466 g/mol. The fourth-order valence-corrected chi connectivity index (χ4v) is 5.59. The monoisotopic (exact) mass is 465 g/mol. The number of hydrogen-bond donors (Lipinski definition) is 2. The number of morpholine rings is 1. The molecule has 0 saturated carbocycles. The quantitative estimate of drug-likeness (QED) is 0.559. The van der Waals surface area contributed by atoms with Gasteiger partial charge in [-0.2, -0.15) is 0 Å². The van der Waals surface area contributed by atoms with Crippen LogP contribution in [0, 0.1) is 0 Å². The van der Waals surface area contributed by atoms with E-state index in [4.69, 9.17) is 9.72 Å². The SMILES string of the molecule is CCNC(=O)Nc1ccc(-c2cc(N3CCOCC3)c3nc(N4CCCCC4)sc3c2)cc1. The van der Waals surface area contributed by atoms with Gasteiger partial charge in [0.2, 0.25) is 0 Å². The number of thiazole rings is 1. The third kappa shape index (κ3) is 4.91. The van der Waals surface area contributed by atoms with Crippen molar-refractivity contribution < 1.29 is 9.53 Å². The third-order valence-electron chi connectivity index (χ3n) is 6.26. The van der Waals surface area contributed by atoms with Gasteiger partial charge in [-0.1, -0.05) is 23.5 Å². The molecule has 2 N–H and O–H groups in total. The van der Waals surface area contributed by atoms with Crippen LogP contribution in [0.4, 0.5) is 21.3 Å². The van der Waals surface area contributed by atoms with Crippen LogP contribution in [0.15, 0.2) is 36.4 Å². The van der Waals surface area contributed by atoms with Gasteiger partial charge in [0, 0.05) is 38.4 Å². The third-order valence-corrected chi connectivity index (χ3v) is 7.32. The fourth-order valence-electron chi connectivity index (χ4n) is 4.51. The molecule has 0 radical (unpaired) electrons. The fraction of sp³-hybridized carbons (Fsp3) is 0.440. The lowest BCUT2D eigenvalue weighted by Crippen LogP contribution is -2.36. The molecule has 2 aromatic carbocycles. The molecular weight excluding hydrogens is 434 g/mol. The summed E-state index contributed by atoms with van der Waals surface area (Å²) in [7, 11) is 0. The van der Waals surface area contributed by atoms with E-state index in [0.29, 0.717) is 6.54 Å². The number of nitrogens with one attached hydrogen (secondary N) is 2. The van der Waals surface area contributed by atoms with Gasteiger partial charge >= 0.3 is 6.03 Å². The van der Waals surface area contributed by atoms with E-state index in [2.05, 4.69) is 44.7 Å². The zero-order chi connectivity index (χ0) is 22.6. The van der Waals surface area contributed by atoms with Crippen LogP contribution in [0.5, 0.6) is 0 Å². The number of urea groups is 1. The number of fused-ring (bicyclic) bond motifs is 1. The van der Waals surface area contributed by atoms with Crippen molar-refractivity contribution in [1.29, 1.82) is 0 Å². The molecule has 33 heavy (non-hydrogen) atoms. The molecule has 3 aromatic rings. The number of nitrogens with zero attached hydrogens (tertiary/aromatic N) is 3. The number of carbonyl (C=O) groups is 1. The Morgan fingerprint density at radius 3 is 2.48 bits per heavy atom. The maximum absolute atomic E-state index is 11.8. The summed E-state index contributed by atoms with van der Waals surface area (Å²) >= 11 is 1.80. The lowest BCUT2D eigenvalue weighted by Gasteiger charge is -2.29. The summed E-state index contributed by atoms with van der Waals surface area (Å²) in [6.45, 7) is 7.95. The van der Waals surface area contributed by atoms with Crippen molar-refractivity contribution in [2.75, 3.05) is 61.1 Å².